The molecule has 0 aliphatic rings. The Bertz CT molecular complexity index is 749. The topological polar surface area (TPSA) is 64.4 Å². The first-order chi connectivity index (χ1) is 11.5. The van der Waals surface area contributed by atoms with E-state index < -0.39 is 0 Å². The van der Waals surface area contributed by atoms with E-state index in [0.717, 1.165) is 30.0 Å². The molecule has 7 heteroatoms. The van der Waals surface area contributed by atoms with Crippen LogP contribution in [0.15, 0.2) is 23.3 Å². The maximum atomic E-state index is 5.79. The molecule has 2 rings (SSSR count). The second kappa shape index (κ2) is 8.63. The molecule has 0 saturated carbocycles. The quantitative estimate of drug-likeness (QED) is 0.582. The third-order valence-electron chi connectivity index (χ3n) is 3.50. The molecule has 0 radical (unpaired) electrons. The molecule has 0 amide bonds. The highest BCUT2D eigenvalue weighted by atomic mass is 32.1. The van der Waals surface area contributed by atoms with E-state index in [0.29, 0.717) is 23.0 Å². The molecule has 0 aliphatic heterocycles. The van der Waals surface area contributed by atoms with Crippen LogP contribution in [0.2, 0.25) is 0 Å². The van der Waals surface area contributed by atoms with Gasteiger partial charge in [-0.1, -0.05) is 20.8 Å². The monoisotopic (exact) mass is 348 g/mol. The highest BCUT2D eigenvalue weighted by molar-refractivity contribution is 7.71. The van der Waals surface area contributed by atoms with E-state index in [-0.39, 0.29) is 0 Å². The number of nitrogens with zero attached hydrogens (tertiary/aromatic N) is 3. The second-order valence-corrected chi connectivity index (χ2v) is 6.18. The van der Waals surface area contributed by atoms with E-state index in [1.54, 1.807) is 18.0 Å². The SMILES string of the molecule is CCc1n[nH]c(=S)n1/N=C\c1ccc(OCCC(C)C)c(OC)c1. The molecule has 0 bridgehead atoms. The zero-order valence-corrected chi connectivity index (χ0v) is 15.4. The average molecular weight is 348 g/mol. The standard InChI is InChI=1S/C17H24N4O2S/c1-5-16-19-20-17(24)21(16)18-11-13-6-7-14(15(10-13)22-4)23-9-8-12(2)3/h6-7,10-12H,5,8-9H2,1-4H3,(H,20,24)/b18-11-. The van der Waals surface area contributed by atoms with Gasteiger partial charge in [-0.05, 0) is 48.3 Å². The highest BCUT2D eigenvalue weighted by Crippen LogP contribution is 2.28. The predicted molar refractivity (Wildman–Crippen MR) is 97.7 cm³/mol. The fourth-order valence-corrected chi connectivity index (χ4v) is 2.28. The zero-order chi connectivity index (χ0) is 17.5. The molecule has 1 heterocycles. The van der Waals surface area contributed by atoms with Gasteiger partial charge < -0.3 is 9.47 Å². The molecule has 0 aliphatic carbocycles. The van der Waals surface area contributed by atoms with Crippen LogP contribution >= 0.6 is 12.2 Å². The number of H-pyrrole nitrogens is 1. The number of rotatable bonds is 8. The Kier molecular flexibility index (Phi) is 6.54. The number of ether oxygens (including phenoxy) is 2. The lowest BCUT2D eigenvalue weighted by atomic mass is 10.1. The van der Waals surface area contributed by atoms with Crippen molar-refractivity contribution in [3.05, 3.63) is 34.4 Å². The number of nitrogens with one attached hydrogen (secondary N) is 1. The third kappa shape index (κ3) is 4.67. The first kappa shape index (κ1) is 18.2. The van der Waals surface area contributed by atoms with Crippen LogP contribution in [0, 0.1) is 10.7 Å². The van der Waals surface area contributed by atoms with Crippen LogP contribution in [-0.2, 0) is 6.42 Å². The van der Waals surface area contributed by atoms with Gasteiger partial charge in [0.1, 0.15) is 0 Å². The average Bonchev–Trinajstić information content (AvgIpc) is 2.93. The summed E-state index contributed by atoms with van der Waals surface area (Å²) in [6.07, 6.45) is 3.48. The van der Waals surface area contributed by atoms with Crippen LogP contribution < -0.4 is 9.47 Å². The smallest absolute Gasteiger partial charge is 0.216 e. The molecule has 0 fully saturated rings. The summed E-state index contributed by atoms with van der Waals surface area (Å²) in [5.74, 6) is 2.82. The molecule has 1 aromatic carbocycles. The third-order valence-corrected chi connectivity index (χ3v) is 3.76. The van der Waals surface area contributed by atoms with Crippen LogP contribution in [-0.4, -0.2) is 34.8 Å². The van der Waals surface area contributed by atoms with Crippen molar-refractivity contribution < 1.29 is 9.47 Å². The molecular formula is C17H24N4O2S. The van der Waals surface area contributed by atoms with Crippen molar-refractivity contribution in [3.63, 3.8) is 0 Å². The summed E-state index contributed by atoms with van der Waals surface area (Å²) in [7, 11) is 1.63. The lowest BCUT2D eigenvalue weighted by Crippen LogP contribution is -2.03. The molecule has 24 heavy (non-hydrogen) atoms. The predicted octanol–water partition coefficient (Wildman–Crippen LogP) is 3.82. The van der Waals surface area contributed by atoms with Crippen molar-refractivity contribution in [1.29, 1.82) is 0 Å². The summed E-state index contributed by atoms with van der Waals surface area (Å²) in [5, 5.41) is 11.3. The summed E-state index contributed by atoms with van der Waals surface area (Å²) in [6, 6.07) is 5.73. The minimum atomic E-state index is 0.476. The summed E-state index contributed by atoms with van der Waals surface area (Å²) < 4.78 is 13.3. The van der Waals surface area contributed by atoms with Gasteiger partial charge in [-0.15, -0.1) is 0 Å². The van der Waals surface area contributed by atoms with Crippen molar-refractivity contribution in [2.75, 3.05) is 13.7 Å². The fourth-order valence-electron chi connectivity index (χ4n) is 2.08. The summed E-state index contributed by atoms with van der Waals surface area (Å²) in [5.41, 5.74) is 0.896. The van der Waals surface area contributed by atoms with E-state index in [4.69, 9.17) is 21.7 Å². The molecule has 6 nitrogen and oxygen atoms in total. The largest absolute Gasteiger partial charge is 0.493 e. The van der Waals surface area contributed by atoms with Crippen molar-refractivity contribution in [2.45, 2.75) is 33.6 Å². The van der Waals surface area contributed by atoms with Crippen molar-refractivity contribution in [2.24, 2.45) is 11.0 Å². The van der Waals surface area contributed by atoms with Crippen LogP contribution in [0.5, 0.6) is 11.5 Å². The van der Waals surface area contributed by atoms with Crippen molar-refractivity contribution >= 4 is 18.4 Å². The Morgan fingerprint density at radius 3 is 2.83 bits per heavy atom. The van der Waals surface area contributed by atoms with Gasteiger partial charge in [0, 0.05) is 6.42 Å². The van der Waals surface area contributed by atoms with E-state index in [1.807, 2.05) is 25.1 Å². The van der Waals surface area contributed by atoms with Crippen LogP contribution in [0.3, 0.4) is 0 Å². The van der Waals surface area contributed by atoms with Gasteiger partial charge >= 0.3 is 0 Å². The van der Waals surface area contributed by atoms with Crippen LogP contribution in [0.1, 0.15) is 38.6 Å². The Labute approximate surface area is 147 Å². The van der Waals surface area contributed by atoms with E-state index in [1.165, 1.54) is 0 Å². The van der Waals surface area contributed by atoms with Gasteiger partial charge in [0.05, 0.1) is 19.9 Å². The molecular weight excluding hydrogens is 324 g/mol. The minimum absolute atomic E-state index is 0.476. The number of aromatic nitrogens is 3. The lowest BCUT2D eigenvalue weighted by Gasteiger charge is -2.12. The Morgan fingerprint density at radius 1 is 1.38 bits per heavy atom. The lowest BCUT2D eigenvalue weighted by molar-refractivity contribution is 0.273. The molecule has 0 saturated heterocycles. The Hall–Kier alpha value is -2.15. The molecule has 130 valence electrons. The van der Waals surface area contributed by atoms with E-state index in [9.17, 15) is 0 Å². The maximum absolute atomic E-state index is 5.79. The maximum Gasteiger partial charge on any atom is 0.216 e. The zero-order valence-electron chi connectivity index (χ0n) is 14.6. The number of benzene rings is 1. The summed E-state index contributed by atoms with van der Waals surface area (Å²) in [6.45, 7) is 7.02. The van der Waals surface area contributed by atoms with E-state index >= 15 is 0 Å². The molecule has 0 spiro atoms. The first-order valence-electron chi connectivity index (χ1n) is 8.06. The molecule has 1 aromatic heterocycles. The van der Waals surface area contributed by atoms with Gasteiger partial charge in [-0.3, -0.25) is 5.10 Å². The summed E-state index contributed by atoms with van der Waals surface area (Å²) >= 11 is 5.18. The molecule has 0 atom stereocenters. The number of aryl methyl sites for hydroxylation is 1. The van der Waals surface area contributed by atoms with Gasteiger partial charge in [0.25, 0.3) is 0 Å². The second-order valence-electron chi connectivity index (χ2n) is 5.80. The Balaban J connectivity index is 2.15. The van der Waals surface area contributed by atoms with Gasteiger partial charge in [0.15, 0.2) is 17.3 Å². The molecule has 1 N–H and O–H groups in total. The van der Waals surface area contributed by atoms with Crippen molar-refractivity contribution in [1.82, 2.24) is 14.9 Å². The number of aromatic amines is 1. The van der Waals surface area contributed by atoms with Gasteiger partial charge in [-0.25, -0.2) is 0 Å². The molecule has 2 aromatic rings. The van der Waals surface area contributed by atoms with E-state index in [2.05, 4.69) is 29.1 Å². The summed E-state index contributed by atoms with van der Waals surface area (Å²) in [4.78, 5) is 0. The number of methoxy groups -OCH3 is 1. The Morgan fingerprint density at radius 2 is 2.17 bits per heavy atom. The van der Waals surface area contributed by atoms with Gasteiger partial charge in [0.2, 0.25) is 4.77 Å². The minimum Gasteiger partial charge on any atom is -0.493 e. The van der Waals surface area contributed by atoms with Crippen LogP contribution in [0.4, 0.5) is 0 Å². The molecule has 0 unspecified atom stereocenters. The fraction of sp³-hybridized carbons (Fsp3) is 0.471. The number of hydrogen-bond donors (Lipinski definition) is 1. The highest BCUT2D eigenvalue weighted by Gasteiger charge is 2.06. The first-order valence-corrected chi connectivity index (χ1v) is 8.47. The van der Waals surface area contributed by atoms with Gasteiger partial charge in [-0.2, -0.15) is 14.9 Å². The normalized spacial score (nSPS) is 11.4. The van der Waals surface area contributed by atoms with Crippen molar-refractivity contribution in [3.8, 4) is 11.5 Å². The number of hydrogen-bond acceptors (Lipinski definition) is 5. The van der Waals surface area contributed by atoms with Crippen LogP contribution in [0.25, 0.3) is 0 Å².